The number of hydrazine groups is 1. The largest absolute Gasteiger partial charge is 0.348 e. The molecule has 1 atom stereocenters. The molecule has 0 aliphatic carbocycles. The standard InChI is InChI=1S/C17H16F2N4O/c18-12-5-11(6-13(19)8-12)9-21-16(24)4-2-10-1-3-15-14(7-10)17(20)23-22-15/h1-8,17,22-23H,9,20H2,(H,21,24)/b4-2+. The van der Waals surface area contributed by atoms with Crippen molar-refractivity contribution in [1.82, 2.24) is 10.7 Å². The number of hydrogen-bond donors (Lipinski definition) is 4. The van der Waals surface area contributed by atoms with E-state index in [2.05, 4.69) is 16.2 Å². The van der Waals surface area contributed by atoms with E-state index in [9.17, 15) is 13.6 Å². The van der Waals surface area contributed by atoms with Crippen LogP contribution >= 0.6 is 0 Å². The van der Waals surface area contributed by atoms with Crippen molar-refractivity contribution >= 4 is 17.7 Å². The molecule has 2 aromatic carbocycles. The second-order valence-electron chi connectivity index (χ2n) is 5.42. The van der Waals surface area contributed by atoms with Crippen molar-refractivity contribution in [2.75, 3.05) is 5.43 Å². The van der Waals surface area contributed by atoms with Crippen LogP contribution in [0.5, 0.6) is 0 Å². The van der Waals surface area contributed by atoms with Crippen molar-refractivity contribution in [1.29, 1.82) is 0 Å². The van der Waals surface area contributed by atoms with E-state index < -0.39 is 11.6 Å². The summed E-state index contributed by atoms with van der Waals surface area (Å²) in [7, 11) is 0. The van der Waals surface area contributed by atoms with Crippen LogP contribution in [0.3, 0.4) is 0 Å². The van der Waals surface area contributed by atoms with E-state index in [-0.39, 0.29) is 18.6 Å². The Balaban J connectivity index is 1.60. The highest BCUT2D eigenvalue weighted by atomic mass is 19.1. The van der Waals surface area contributed by atoms with Crippen molar-refractivity contribution < 1.29 is 13.6 Å². The van der Waals surface area contributed by atoms with Crippen LogP contribution in [-0.2, 0) is 11.3 Å². The van der Waals surface area contributed by atoms with Crippen molar-refractivity contribution in [2.24, 2.45) is 5.73 Å². The molecule has 0 saturated heterocycles. The van der Waals surface area contributed by atoms with Crippen LogP contribution in [0.15, 0.2) is 42.5 Å². The number of nitrogens with two attached hydrogens (primary N) is 1. The molecule has 1 aliphatic rings. The summed E-state index contributed by atoms with van der Waals surface area (Å²) >= 11 is 0. The minimum absolute atomic E-state index is 0.0424. The lowest BCUT2D eigenvalue weighted by Gasteiger charge is -2.04. The fourth-order valence-electron chi connectivity index (χ4n) is 2.42. The maximum atomic E-state index is 13.1. The van der Waals surface area contributed by atoms with Gasteiger partial charge in [0.1, 0.15) is 17.8 Å². The first kappa shape index (κ1) is 16.1. The quantitative estimate of drug-likeness (QED) is 0.648. The molecule has 5 nitrogen and oxygen atoms in total. The van der Waals surface area contributed by atoms with Gasteiger partial charge in [-0.05, 0) is 41.5 Å². The average Bonchev–Trinajstić information content (AvgIpc) is 2.91. The first-order valence-corrected chi connectivity index (χ1v) is 7.33. The third-order valence-corrected chi connectivity index (χ3v) is 3.59. The molecule has 3 rings (SSSR count). The fourth-order valence-corrected chi connectivity index (χ4v) is 2.42. The summed E-state index contributed by atoms with van der Waals surface area (Å²) in [5, 5.41) is 2.58. The number of rotatable bonds is 4. The van der Waals surface area contributed by atoms with Crippen molar-refractivity contribution in [3.63, 3.8) is 0 Å². The Morgan fingerprint density at radius 3 is 2.71 bits per heavy atom. The van der Waals surface area contributed by atoms with Gasteiger partial charge in [-0.3, -0.25) is 4.79 Å². The van der Waals surface area contributed by atoms with Crippen molar-refractivity contribution in [2.45, 2.75) is 12.7 Å². The normalized spacial score (nSPS) is 16.0. The molecule has 7 heteroatoms. The summed E-state index contributed by atoms with van der Waals surface area (Å²) in [4.78, 5) is 11.8. The van der Waals surface area contributed by atoms with E-state index >= 15 is 0 Å². The highest BCUT2D eigenvalue weighted by Gasteiger charge is 2.17. The maximum Gasteiger partial charge on any atom is 0.244 e. The van der Waals surface area contributed by atoms with Crippen LogP contribution < -0.4 is 21.9 Å². The summed E-state index contributed by atoms with van der Waals surface area (Å²) in [6, 6.07) is 8.72. The number of carbonyl (C=O) groups excluding carboxylic acids is 1. The molecule has 124 valence electrons. The van der Waals surface area contributed by atoms with E-state index in [4.69, 9.17) is 5.73 Å². The van der Waals surface area contributed by atoms with Crippen molar-refractivity contribution in [3.05, 3.63) is 70.8 Å². The molecule has 24 heavy (non-hydrogen) atoms. The zero-order valence-corrected chi connectivity index (χ0v) is 12.6. The third-order valence-electron chi connectivity index (χ3n) is 3.59. The molecule has 0 bridgehead atoms. The van der Waals surface area contributed by atoms with Gasteiger partial charge in [0.15, 0.2) is 0 Å². The van der Waals surface area contributed by atoms with E-state index in [1.165, 1.54) is 18.2 Å². The monoisotopic (exact) mass is 330 g/mol. The SMILES string of the molecule is NC1NNc2ccc(/C=C/C(=O)NCc3cc(F)cc(F)c3)cc21. The Bertz CT molecular complexity index is 787. The maximum absolute atomic E-state index is 13.1. The fraction of sp³-hybridized carbons (Fsp3) is 0.118. The highest BCUT2D eigenvalue weighted by Crippen LogP contribution is 2.26. The second-order valence-corrected chi connectivity index (χ2v) is 5.42. The van der Waals surface area contributed by atoms with E-state index in [0.717, 1.165) is 22.9 Å². The Labute approximate surface area is 137 Å². The number of nitrogens with one attached hydrogen (secondary N) is 3. The minimum Gasteiger partial charge on any atom is -0.348 e. The Morgan fingerprint density at radius 1 is 1.21 bits per heavy atom. The summed E-state index contributed by atoms with van der Waals surface area (Å²) < 4.78 is 26.2. The molecule has 1 heterocycles. The number of benzene rings is 2. The highest BCUT2D eigenvalue weighted by molar-refractivity contribution is 5.91. The van der Waals surface area contributed by atoms with Gasteiger partial charge in [0.05, 0.1) is 5.69 Å². The van der Waals surface area contributed by atoms with Gasteiger partial charge < -0.3 is 16.5 Å². The smallest absolute Gasteiger partial charge is 0.244 e. The molecule has 0 spiro atoms. The van der Waals surface area contributed by atoms with Crippen LogP contribution in [0.2, 0.25) is 0 Å². The summed E-state index contributed by atoms with van der Waals surface area (Å²) in [6.07, 6.45) is 2.70. The van der Waals surface area contributed by atoms with E-state index in [1.807, 2.05) is 18.2 Å². The van der Waals surface area contributed by atoms with Gasteiger partial charge in [-0.1, -0.05) is 6.07 Å². The Kier molecular flexibility index (Phi) is 4.54. The predicted molar refractivity (Wildman–Crippen MR) is 87.4 cm³/mol. The second kappa shape index (κ2) is 6.77. The molecule has 0 fully saturated rings. The predicted octanol–water partition coefficient (Wildman–Crippen LogP) is 2.18. The van der Waals surface area contributed by atoms with Gasteiger partial charge in [-0.25, -0.2) is 14.2 Å². The molecule has 1 aliphatic heterocycles. The molecule has 5 N–H and O–H groups in total. The zero-order chi connectivity index (χ0) is 17.1. The Morgan fingerprint density at radius 2 is 1.96 bits per heavy atom. The molecular formula is C17H16F2N4O. The van der Waals surface area contributed by atoms with Crippen LogP contribution in [-0.4, -0.2) is 5.91 Å². The minimum atomic E-state index is -0.675. The Hall–Kier alpha value is -2.77. The number of anilines is 1. The van der Waals surface area contributed by atoms with Gasteiger partial charge in [0.2, 0.25) is 5.91 Å². The summed E-state index contributed by atoms with van der Waals surface area (Å²) in [5.74, 6) is -1.71. The molecular weight excluding hydrogens is 314 g/mol. The van der Waals surface area contributed by atoms with Gasteiger partial charge in [0.25, 0.3) is 0 Å². The summed E-state index contributed by atoms with van der Waals surface area (Å²) in [6.45, 7) is 0.0424. The average molecular weight is 330 g/mol. The number of carbonyl (C=O) groups is 1. The first-order chi connectivity index (χ1) is 11.5. The number of halogens is 2. The van der Waals surface area contributed by atoms with Gasteiger partial charge >= 0.3 is 0 Å². The number of amides is 1. The molecule has 1 unspecified atom stereocenters. The number of fused-ring (bicyclic) bond motifs is 1. The van der Waals surface area contributed by atoms with E-state index in [0.29, 0.717) is 5.56 Å². The third kappa shape index (κ3) is 3.76. The van der Waals surface area contributed by atoms with Crippen LogP contribution in [0.1, 0.15) is 22.9 Å². The van der Waals surface area contributed by atoms with Gasteiger partial charge in [-0.15, -0.1) is 0 Å². The van der Waals surface area contributed by atoms with E-state index in [1.54, 1.807) is 6.08 Å². The molecule has 0 aromatic heterocycles. The van der Waals surface area contributed by atoms with Crippen molar-refractivity contribution in [3.8, 4) is 0 Å². The summed E-state index contributed by atoms with van der Waals surface area (Å²) in [5.41, 5.74) is 14.7. The number of hydrogen-bond acceptors (Lipinski definition) is 4. The lowest BCUT2D eigenvalue weighted by atomic mass is 10.1. The van der Waals surface area contributed by atoms with Crippen LogP contribution in [0.4, 0.5) is 14.5 Å². The first-order valence-electron chi connectivity index (χ1n) is 7.33. The van der Waals surface area contributed by atoms with Gasteiger partial charge in [0, 0.05) is 24.3 Å². The lowest BCUT2D eigenvalue weighted by Crippen LogP contribution is -2.25. The molecule has 2 aromatic rings. The van der Waals surface area contributed by atoms with Gasteiger partial charge in [-0.2, -0.15) is 0 Å². The van der Waals surface area contributed by atoms with Crippen LogP contribution in [0, 0.1) is 11.6 Å². The topological polar surface area (TPSA) is 79.2 Å². The molecule has 1 amide bonds. The lowest BCUT2D eigenvalue weighted by molar-refractivity contribution is -0.116. The molecule has 0 radical (unpaired) electrons. The molecule has 0 saturated carbocycles. The zero-order valence-electron chi connectivity index (χ0n) is 12.6. The van der Waals surface area contributed by atoms with Crippen LogP contribution in [0.25, 0.3) is 6.08 Å².